The van der Waals surface area contributed by atoms with Gasteiger partial charge < -0.3 is 5.32 Å². The van der Waals surface area contributed by atoms with Crippen molar-refractivity contribution in [3.8, 4) is 11.4 Å². The number of nitrogens with one attached hydrogen (secondary N) is 1. The van der Waals surface area contributed by atoms with Gasteiger partial charge in [0.2, 0.25) is 5.91 Å². The summed E-state index contributed by atoms with van der Waals surface area (Å²) < 4.78 is 2.06. The minimum absolute atomic E-state index is 0.0740. The number of carbonyl (C=O) groups is 1. The minimum atomic E-state index is -0.222. The van der Waals surface area contributed by atoms with Crippen LogP contribution in [-0.2, 0) is 10.3 Å². The van der Waals surface area contributed by atoms with Crippen LogP contribution in [0.5, 0.6) is 0 Å². The fourth-order valence-corrected chi connectivity index (χ4v) is 3.43. The number of benzene rings is 1. The van der Waals surface area contributed by atoms with Crippen LogP contribution in [0.3, 0.4) is 0 Å². The molecule has 0 saturated carbocycles. The number of pyridine rings is 1. The van der Waals surface area contributed by atoms with Crippen molar-refractivity contribution in [2.24, 2.45) is 0 Å². The van der Waals surface area contributed by atoms with Crippen LogP contribution in [0.25, 0.3) is 11.4 Å². The predicted molar refractivity (Wildman–Crippen MR) is 104 cm³/mol. The van der Waals surface area contributed by atoms with Crippen molar-refractivity contribution in [3.05, 3.63) is 54.9 Å². The van der Waals surface area contributed by atoms with E-state index in [1.807, 2.05) is 42.5 Å². The lowest BCUT2D eigenvalue weighted by atomic mass is 10.1. The van der Waals surface area contributed by atoms with Crippen LogP contribution in [-0.4, -0.2) is 31.4 Å². The Labute approximate surface area is 157 Å². The van der Waals surface area contributed by atoms with E-state index in [1.54, 1.807) is 12.4 Å². The highest BCUT2D eigenvalue weighted by atomic mass is 32.2. The van der Waals surface area contributed by atoms with E-state index in [-0.39, 0.29) is 17.2 Å². The Hall–Kier alpha value is -2.67. The normalized spacial score (nSPS) is 11.3. The lowest BCUT2D eigenvalue weighted by molar-refractivity contribution is -0.113. The third kappa shape index (κ3) is 4.29. The minimum Gasteiger partial charge on any atom is -0.325 e. The Morgan fingerprint density at radius 2 is 1.77 bits per heavy atom. The first kappa shape index (κ1) is 18.1. The van der Waals surface area contributed by atoms with Crippen molar-refractivity contribution < 1.29 is 4.79 Å². The summed E-state index contributed by atoms with van der Waals surface area (Å²) in [6, 6.07) is 13.2. The zero-order valence-electron chi connectivity index (χ0n) is 15.0. The summed E-state index contributed by atoms with van der Waals surface area (Å²) in [5, 5.41) is 12.3. The van der Waals surface area contributed by atoms with Crippen LogP contribution in [0.2, 0.25) is 0 Å². The number of hydrogen-bond donors (Lipinski definition) is 1. The largest absolute Gasteiger partial charge is 0.325 e. The van der Waals surface area contributed by atoms with E-state index in [9.17, 15) is 4.79 Å². The average molecular weight is 367 g/mol. The van der Waals surface area contributed by atoms with E-state index >= 15 is 0 Å². The maximum absolute atomic E-state index is 12.2. The summed E-state index contributed by atoms with van der Waals surface area (Å²) in [4.78, 5) is 16.3. The molecule has 0 unspecified atom stereocenters. The average Bonchev–Trinajstić information content (AvgIpc) is 3.06. The van der Waals surface area contributed by atoms with Gasteiger partial charge in [-0.3, -0.25) is 14.3 Å². The topological polar surface area (TPSA) is 72.7 Å². The maximum atomic E-state index is 12.2. The van der Waals surface area contributed by atoms with Gasteiger partial charge in [-0.15, -0.1) is 10.2 Å². The van der Waals surface area contributed by atoms with E-state index in [4.69, 9.17) is 0 Å². The lowest BCUT2D eigenvalue weighted by Gasteiger charge is -2.24. The van der Waals surface area contributed by atoms with Crippen molar-refractivity contribution in [1.82, 2.24) is 19.7 Å². The molecule has 0 bridgehead atoms. The second-order valence-corrected chi connectivity index (χ2v) is 7.69. The number of thioether (sulfide) groups is 1. The molecular formula is C19H21N5OS. The fourth-order valence-electron chi connectivity index (χ4n) is 2.50. The zero-order valence-corrected chi connectivity index (χ0v) is 15.8. The molecule has 1 amide bonds. The number of para-hydroxylation sites is 1. The molecule has 0 spiro atoms. The number of nitrogens with zero attached hydrogens (tertiary/aromatic N) is 4. The molecule has 1 aromatic carbocycles. The van der Waals surface area contributed by atoms with Gasteiger partial charge in [0.1, 0.15) is 0 Å². The van der Waals surface area contributed by atoms with Gasteiger partial charge in [-0.1, -0.05) is 30.0 Å². The molecule has 0 fully saturated rings. The van der Waals surface area contributed by atoms with Crippen molar-refractivity contribution in [2.45, 2.75) is 31.5 Å². The number of amides is 1. The standard InChI is InChI=1S/C19H21N5OS/c1-19(2,3)24-17(14-9-11-20-12-10-14)22-23-18(24)26-13-16(25)21-15-7-5-4-6-8-15/h4-12H,13H2,1-3H3,(H,21,25). The van der Waals surface area contributed by atoms with Crippen molar-refractivity contribution in [1.29, 1.82) is 0 Å². The highest BCUT2D eigenvalue weighted by Crippen LogP contribution is 2.30. The molecule has 0 radical (unpaired) electrons. The van der Waals surface area contributed by atoms with E-state index in [0.717, 1.165) is 17.1 Å². The lowest BCUT2D eigenvalue weighted by Crippen LogP contribution is -2.24. The Morgan fingerprint density at radius 3 is 2.42 bits per heavy atom. The monoisotopic (exact) mass is 367 g/mol. The van der Waals surface area contributed by atoms with Gasteiger partial charge in [-0.05, 0) is 45.0 Å². The summed E-state index contributed by atoms with van der Waals surface area (Å²) in [6.45, 7) is 6.28. The molecule has 7 heteroatoms. The van der Waals surface area contributed by atoms with Gasteiger partial charge in [0, 0.05) is 29.2 Å². The van der Waals surface area contributed by atoms with Gasteiger partial charge in [0.15, 0.2) is 11.0 Å². The summed E-state index contributed by atoms with van der Waals surface area (Å²) in [5.41, 5.74) is 1.51. The Balaban J connectivity index is 1.78. The molecule has 2 heterocycles. The summed E-state index contributed by atoms with van der Waals surface area (Å²) >= 11 is 1.38. The summed E-state index contributed by atoms with van der Waals surface area (Å²) in [6.07, 6.45) is 3.47. The van der Waals surface area contributed by atoms with Crippen molar-refractivity contribution in [2.75, 3.05) is 11.1 Å². The fraction of sp³-hybridized carbons (Fsp3) is 0.263. The number of anilines is 1. The van der Waals surface area contributed by atoms with E-state index in [0.29, 0.717) is 5.16 Å². The Bertz CT molecular complexity index is 872. The van der Waals surface area contributed by atoms with Crippen LogP contribution in [0.4, 0.5) is 5.69 Å². The quantitative estimate of drug-likeness (QED) is 0.694. The third-order valence-electron chi connectivity index (χ3n) is 3.63. The van der Waals surface area contributed by atoms with E-state index < -0.39 is 0 Å². The molecule has 0 atom stereocenters. The number of carbonyl (C=O) groups excluding carboxylic acids is 1. The van der Waals surface area contributed by atoms with Gasteiger partial charge in [-0.2, -0.15) is 0 Å². The smallest absolute Gasteiger partial charge is 0.234 e. The molecular weight excluding hydrogens is 346 g/mol. The maximum Gasteiger partial charge on any atom is 0.234 e. The Kier molecular flexibility index (Phi) is 5.37. The first-order valence-electron chi connectivity index (χ1n) is 8.29. The first-order valence-corrected chi connectivity index (χ1v) is 9.28. The number of aromatic nitrogens is 4. The van der Waals surface area contributed by atoms with Crippen molar-refractivity contribution in [3.63, 3.8) is 0 Å². The van der Waals surface area contributed by atoms with Crippen LogP contribution >= 0.6 is 11.8 Å². The van der Waals surface area contributed by atoms with Crippen molar-refractivity contribution >= 4 is 23.4 Å². The van der Waals surface area contributed by atoms with Gasteiger partial charge in [-0.25, -0.2) is 0 Å². The highest BCUT2D eigenvalue weighted by molar-refractivity contribution is 7.99. The van der Waals surface area contributed by atoms with E-state index in [1.165, 1.54) is 11.8 Å². The van der Waals surface area contributed by atoms with Gasteiger partial charge >= 0.3 is 0 Å². The third-order valence-corrected chi connectivity index (χ3v) is 4.56. The molecule has 0 aliphatic carbocycles. The van der Waals surface area contributed by atoms with Crippen LogP contribution in [0.1, 0.15) is 20.8 Å². The Morgan fingerprint density at radius 1 is 1.08 bits per heavy atom. The molecule has 26 heavy (non-hydrogen) atoms. The molecule has 0 saturated heterocycles. The predicted octanol–water partition coefficient (Wildman–Crippen LogP) is 3.83. The molecule has 0 aliphatic heterocycles. The van der Waals surface area contributed by atoms with E-state index in [2.05, 4.69) is 45.8 Å². The molecule has 0 aliphatic rings. The molecule has 3 aromatic rings. The van der Waals surface area contributed by atoms with Gasteiger partial charge in [0.25, 0.3) is 0 Å². The second-order valence-electron chi connectivity index (χ2n) is 6.75. The molecule has 1 N–H and O–H groups in total. The van der Waals surface area contributed by atoms with Gasteiger partial charge in [0.05, 0.1) is 5.75 Å². The number of rotatable bonds is 5. The van der Waals surface area contributed by atoms with Crippen LogP contribution in [0, 0.1) is 0 Å². The van der Waals surface area contributed by atoms with Crippen LogP contribution in [0.15, 0.2) is 60.0 Å². The SMILES string of the molecule is CC(C)(C)n1c(SCC(=O)Nc2ccccc2)nnc1-c1ccncc1. The van der Waals surface area contributed by atoms with Crippen LogP contribution < -0.4 is 5.32 Å². The summed E-state index contributed by atoms with van der Waals surface area (Å²) in [5.74, 6) is 0.959. The number of hydrogen-bond acceptors (Lipinski definition) is 5. The zero-order chi connectivity index (χ0) is 18.6. The second kappa shape index (κ2) is 7.70. The molecule has 3 rings (SSSR count). The molecule has 6 nitrogen and oxygen atoms in total. The molecule has 2 aromatic heterocycles. The first-order chi connectivity index (χ1) is 12.4. The molecule has 134 valence electrons. The highest BCUT2D eigenvalue weighted by Gasteiger charge is 2.24. The summed E-state index contributed by atoms with van der Waals surface area (Å²) in [7, 11) is 0.